The lowest BCUT2D eigenvalue weighted by molar-refractivity contribution is 0.0708. The van der Waals surface area contributed by atoms with E-state index in [2.05, 4.69) is 21.0 Å². The largest absolute Gasteiger partial charge is 0.274 e. The molecule has 0 fully saturated rings. The predicted octanol–water partition coefficient (Wildman–Crippen LogP) is 5.58. The van der Waals surface area contributed by atoms with Gasteiger partial charge in [0, 0.05) is 22.0 Å². The molecule has 5 heteroatoms. The van der Waals surface area contributed by atoms with E-state index in [1.807, 2.05) is 36.4 Å². The van der Waals surface area contributed by atoms with E-state index in [0.29, 0.717) is 17.5 Å². The van der Waals surface area contributed by atoms with Crippen molar-refractivity contribution in [1.82, 2.24) is 5.01 Å². The molecule has 0 saturated heterocycles. The molecular formula is C22H16BrFN2O. The highest BCUT2D eigenvalue weighted by molar-refractivity contribution is 9.10. The molecule has 0 saturated carbocycles. The molecule has 0 aliphatic carbocycles. The number of amides is 1. The number of hydrogen-bond acceptors (Lipinski definition) is 2. The Balaban J connectivity index is 1.76. The van der Waals surface area contributed by atoms with Gasteiger partial charge in [0.15, 0.2) is 0 Å². The Morgan fingerprint density at radius 1 is 1.00 bits per heavy atom. The second-order valence-electron chi connectivity index (χ2n) is 6.31. The van der Waals surface area contributed by atoms with Crippen LogP contribution in [0.5, 0.6) is 0 Å². The fourth-order valence-electron chi connectivity index (χ4n) is 3.24. The van der Waals surface area contributed by atoms with Crippen LogP contribution in [0, 0.1) is 5.82 Å². The van der Waals surface area contributed by atoms with Crippen molar-refractivity contribution in [1.29, 1.82) is 0 Å². The van der Waals surface area contributed by atoms with Gasteiger partial charge in [0.2, 0.25) is 0 Å². The van der Waals surface area contributed by atoms with Crippen LogP contribution in [0.15, 0.2) is 88.4 Å². The first-order valence-electron chi connectivity index (χ1n) is 8.60. The molecule has 4 rings (SSSR count). The van der Waals surface area contributed by atoms with Crippen molar-refractivity contribution in [2.75, 3.05) is 0 Å². The van der Waals surface area contributed by atoms with E-state index in [1.54, 1.807) is 36.4 Å². The molecule has 0 spiro atoms. The Kier molecular flexibility index (Phi) is 4.86. The van der Waals surface area contributed by atoms with Gasteiger partial charge in [0.05, 0.1) is 11.8 Å². The van der Waals surface area contributed by atoms with E-state index >= 15 is 0 Å². The van der Waals surface area contributed by atoms with Gasteiger partial charge in [-0.25, -0.2) is 9.40 Å². The van der Waals surface area contributed by atoms with Gasteiger partial charge in [-0.05, 0) is 29.8 Å². The summed E-state index contributed by atoms with van der Waals surface area (Å²) in [5.74, 6) is -0.588. The molecule has 3 nitrogen and oxygen atoms in total. The van der Waals surface area contributed by atoms with Crippen molar-refractivity contribution in [2.45, 2.75) is 12.5 Å². The molecule has 1 amide bonds. The van der Waals surface area contributed by atoms with Crippen molar-refractivity contribution >= 4 is 27.5 Å². The summed E-state index contributed by atoms with van der Waals surface area (Å²) in [6.07, 6.45) is 0.463. The van der Waals surface area contributed by atoms with Crippen LogP contribution in [0.2, 0.25) is 0 Å². The SMILES string of the molecule is O=C(c1cccc(Br)c1)N1N=C(c2ccccc2)C[C@@H]1c1ccccc1F. The molecule has 0 aromatic heterocycles. The number of benzene rings is 3. The van der Waals surface area contributed by atoms with E-state index in [9.17, 15) is 9.18 Å². The Morgan fingerprint density at radius 3 is 2.48 bits per heavy atom. The van der Waals surface area contributed by atoms with Crippen LogP contribution in [-0.4, -0.2) is 16.6 Å². The summed E-state index contributed by atoms with van der Waals surface area (Å²) in [4.78, 5) is 13.1. The summed E-state index contributed by atoms with van der Waals surface area (Å²) in [6, 6.07) is 22.9. The highest BCUT2D eigenvalue weighted by Crippen LogP contribution is 2.35. The topological polar surface area (TPSA) is 32.7 Å². The van der Waals surface area contributed by atoms with Gasteiger partial charge in [0.25, 0.3) is 5.91 Å². The van der Waals surface area contributed by atoms with Crippen molar-refractivity contribution < 1.29 is 9.18 Å². The number of hydrogen-bond donors (Lipinski definition) is 0. The highest BCUT2D eigenvalue weighted by Gasteiger charge is 2.35. The minimum Gasteiger partial charge on any atom is -0.267 e. The Bertz CT molecular complexity index is 1020. The molecule has 1 aliphatic heterocycles. The maximum atomic E-state index is 14.5. The normalized spacial score (nSPS) is 16.3. The van der Waals surface area contributed by atoms with Crippen LogP contribution in [-0.2, 0) is 0 Å². The summed E-state index contributed by atoms with van der Waals surface area (Å²) in [5, 5.41) is 5.99. The Labute approximate surface area is 165 Å². The van der Waals surface area contributed by atoms with Crippen molar-refractivity contribution in [3.8, 4) is 0 Å². The zero-order chi connectivity index (χ0) is 18.8. The summed E-state index contributed by atoms with van der Waals surface area (Å²) in [5.41, 5.74) is 2.68. The quantitative estimate of drug-likeness (QED) is 0.542. The van der Waals surface area contributed by atoms with Crippen LogP contribution in [0.3, 0.4) is 0 Å². The fraction of sp³-hybridized carbons (Fsp3) is 0.0909. The molecule has 3 aromatic rings. The monoisotopic (exact) mass is 422 g/mol. The highest BCUT2D eigenvalue weighted by atomic mass is 79.9. The molecule has 0 unspecified atom stereocenters. The zero-order valence-corrected chi connectivity index (χ0v) is 15.9. The average molecular weight is 423 g/mol. The van der Waals surface area contributed by atoms with Crippen molar-refractivity contribution in [2.24, 2.45) is 5.10 Å². The fourth-order valence-corrected chi connectivity index (χ4v) is 3.64. The van der Waals surface area contributed by atoms with Crippen LogP contribution in [0.1, 0.15) is 33.9 Å². The lowest BCUT2D eigenvalue weighted by atomic mass is 9.97. The number of carbonyl (C=O) groups excluding carboxylic acids is 1. The van der Waals surface area contributed by atoms with Gasteiger partial charge >= 0.3 is 0 Å². The first kappa shape index (κ1) is 17.6. The minimum absolute atomic E-state index is 0.254. The van der Waals surface area contributed by atoms with Crippen LogP contribution >= 0.6 is 15.9 Å². The molecule has 0 radical (unpaired) electrons. The first-order valence-corrected chi connectivity index (χ1v) is 9.39. The third-order valence-corrected chi connectivity index (χ3v) is 5.05. The minimum atomic E-state index is -0.479. The van der Waals surface area contributed by atoms with E-state index in [4.69, 9.17) is 0 Å². The Morgan fingerprint density at radius 2 is 1.74 bits per heavy atom. The second-order valence-corrected chi connectivity index (χ2v) is 7.23. The first-order chi connectivity index (χ1) is 13.1. The Hall–Kier alpha value is -2.79. The number of hydrazone groups is 1. The van der Waals surface area contributed by atoms with Gasteiger partial charge in [-0.3, -0.25) is 4.79 Å². The molecule has 134 valence electrons. The summed E-state index contributed by atoms with van der Waals surface area (Å²) in [6.45, 7) is 0. The number of nitrogens with zero attached hydrogens (tertiary/aromatic N) is 2. The summed E-state index contributed by atoms with van der Waals surface area (Å²) < 4.78 is 15.3. The molecule has 1 aliphatic rings. The van der Waals surface area contributed by atoms with Crippen molar-refractivity contribution in [3.05, 3.63) is 106 Å². The molecule has 0 bridgehead atoms. The number of carbonyl (C=O) groups is 1. The van der Waals surface area contributed by atoms with Gasteiger partial charge in [-0.1, -0.05) is 70.5 Å². The van der Waals surface area contributed by atoms with Crippen LogP contribution in [0.4, 0.5) is 4.39 Å². The van der Waals surface area contributed by atoms with E-state index < -0.39 is 6.04 Å². The van der Waals surface area contributed by atoms with Gasteiger partial charge in [-0.2, -0.15) is 5.10 Å². The molecular weight excluding hydrogens is 407 g/mol. The van der Waals surface area contributed by atoms with Gasteiger partial charge < -0.3 is 0 Å². The molecule has 27 heavy (non-hydrogen) atoms. The zero-order valence-electron chi connectivity index (χ0n) is 14.3. The lowest BCUT2D eigenvalue weighted by Crippen LogP contribution is -2.27. The molecule has 1 atom stereocenters. The van der Waals surface area contributed by atoms with Crippen LogP contribution in [0.25, 0.3) is 0 Å². The average Bonchev–Trinajstić information content (AvgIpc) is 3.13. The van der Waals surface area contributed by atoms with E-state index in [1.165, 1.54) is 11.1 Å². The molecule has 1 heterocycles. The maximum absolute atomic E-state index is 14.5. The van der Waals surface area contributed by atoms with Crippen molar-refractivity contribution in [3.63, 3.8) is 0 Å². The third kappa shape index (κ3) is 3.55. The van der Waals surface area contributed by atoms with E-state index in [0.717, 1.165) is 15.7 Å². The van der Waals surface area contributed by atoms with Gasteiger partial charge in [-0.15, -0.1) is 0 Å². The number of halogens is 2. The maximum Gasteiger partial charge on any atom is 0.274 e. The standard InChI is InChI=1S/C22H16BrFN2O/c23-17-10-6-9-16(13-17)22(27)26-21(18-11-4-5-12-19(18)24)14-20(25-26)15-7-2-1-3-8-15/h1-13,21H,14H2/t21-/m1/s1. The molecule has 3 aromatic carbocycles. The van der Waals surface area contributed by atoms with Gasteiger partial charge in [0.1, 0.15) is 5.82 Å². The van der Waals surface area contributed by atoms with E-state index in [-0.39, 0.29) is 11.7 Å². The lowest BCUT2D eigenvalue weighted by Gasteiger charge is -2.22. The predicted molar refractivity (Wildman–Crippen MR) is 107 cm³/mol. The molecule has 0 N–H and O–H groups in total. The second kappa shape index (κ2) is 7.45. The van der Waals surface area contributed by atoms with Crippen LogP contribution < -0.4 is 0 Å². The smallest absolute Gasteiger partial charge is 0.267 e. The number of rotatable bonds is 3. The summed E-state index contributed by atoms with van der Waals surface area (Å²) in [7, 11) is 0. The third-order valence-electron chi connectivity index (χ3n) is 4.56. The summed E-state index contributed by atoms with van der Waals surface area (Å²) >= 11 is 3.39.